The summed E-state index contributed by atoms with van der Waals surface area (Å²) in [6.45, 7) is 1.34. The van der Waals surface area contributed by atoms with Crippen LogP contribution in [0.15, 0.2) is 6.20 Å². The maximum absolute atomic E-state index is 8.77. The summed E-state index contributed by atoms with van der Waals surface area (Å²) in [5.74, 6) is 0. The Balaban J connectivity index is 1.73. The zero-order valence-corrected chi connectivity index (χ0v) is 10.0. The summed E-state index contributed by atoms with van der Waals surface area (Å²) >= 11 is 0. The number of nitrogens with two attached hydrogens (primary N) is 1. The maximum Gasteiger partial charge on any atom is 0.0964 e. The Kier molecular flexibility index (Phi) is 4.47. The summed E-state index contributed by atoms with van der Waals surface area (Å²) in [5, 5.41) is 20.2. The second-order valence-corrected chi connectivity index (χ2v) is 4.69. The highest BCUT2D eigenvalue weighted by molar-refractivity contribution is 4.92. The van der Waals surface area contributed by atoms with E-state index in [9.17, 15) is 0 Å². The Labute approximate surface area is 101 Å². The molecule has 1 heterocycles. The monoisotopic (exact) mass is 239 g/mol. The normalized spacial score (nSPS) is 25.1. The van der Waals surface area contributed by atoms with Gasteiger partial charge in [-0.15, -0.1) is 5.10 Å². The van der Waals surface area contributed by atoms with Gasteiger partial charge in [-0.25, -0.2) is 4.68 Å². The Bertz CT molecular complexity index is 332. The number of hydrogen-bond acceptors (Lipinski definition) is 5. The second kappa shape index (κ2) is 6.09. The van der Waals surface area contributed by atoms with E-state index in [4.69, 9.17) is 10.8 Å². The zero-order valence-electron chi connectivity index (χ0n) is 10.0. The highest BCUT2D eigenvalue weighted by Gasteiger charge is 2.17. The predicted octanol–water partition coefficient (Wildman–Crippen LogP) is -0.370. The van der Waals surface area contributed by atoms with E-state index in [1.807, 2.05) is 6.20 Å². The van der Waals surface area contributed by atoms with E-state index in [-0.39, 0.29) is 6.61 Å². The third-order valence-corrected chi connectivity index (χ3v) is 3.26. The first-order chi connectivity index (χ1) is 8.28. The van der Waals surface area contributed by atoms with E-state index >= 15 is 0 Å². The van der Waals surface area contributed by atoms with Crippen LogP contribution in [0.25, 0.3) is 0 Å². The van der Waals surface area contributed by atoms with Crippen molar-refractivity contribution >= 4 is 0 Å². The van der Waals surface area contributed by atoms with Crippen LogP contribution in [0, 0.1) is 0 Å². The number of nitrogens with zero attached hydrogens (tertiary/aromatic N) is 3. The van der Waals surface area contributed by atoms with Crippen molar-refractivity contribution in [3.63, 3.8) is 0 Å². The van der Waals surface area contributed by atoms with Crippen molar-refractivity contribution in [3.8, 4) is 0 Å². The van der Waals surface area contributed by atoms with Crippen molar-refractivity contribution in [2.75, 3.05) is 6.61 Å². The molecule has 1 aromatic rings. The van der Waals surface area contributed by atoms with Gasteiger partial charge in [-0.1, -0.05) is 5.21 Å². The molecule has 17 heavy (non-hydrogen) atoms. The molecule has 0 aliphatic heterocycles. The minimum atomic E-state index is 0.0940. The lowest BCUT2D eigenvalue weighted by Gasteiger charge is -2.26. The summed E-state index contributed by atoms with van der Waals surface area (Å²) in [7, 11) is 0. The van der Waals surface area contributed by atoms with E-state index in [0.717, 1.165) is 37.9 Å². The van der Waals surface area contributed by atoms with Crippen molar-refractivity contribution in [1.29, 1.82) is 0 Å². The fraction of sp³-hybridized carbons (Fsp3) is 0.818. The number of rotatable bonds is 5. The molecule has 0 spiro atoms. The van der Waals surface area contributed by atoms with Gasteiger partial charge in [0.25, 0.3) is 0 Å². The SMILES string of the molecule is NC1CCC(NCc2cn(CCO)nn2)CC1. The molecule has 0 bridgehead atoms. The number of aromatic nitrogens is 3. The van der Waals surface area contributed by atoms with Crippen LogP contribution in [0.5, 0.6) is 0 Å². The van der Waals surface area contributed by atoms with Crippen LogP contribution in [0.4, 0.5) is 0 Å². The molecule has 96 valence electrons. The first-order valence-electron chi connectivity index (χ1n) is 6.27. The molecule has 6 heteroatoms. The maximum atomic E-state index is 8.77. The summed E-state index contributed by atoms with van der Waals surface area (Å²) < 4.78 is 1.66. The summed E-state index contributed by atoms with van der Waals surface area (Å²) in [4.78, 5) is 0. The summed E-state index contributed by atoms with van der Waals surface area (Å²) in [6, 6.07) is 0.941. The molecule has 6 nitrogen and oxygen atoms in total. The first kappa shape index (κ1) is 12.5. The molecule has 1 aliphatic rings. The molecule has 0 aromatic carbocycles. The molecule has 1 saturated carbocycles. The minimum absolute atomic E-state index is 0.0940. The van der Waals surface area contributed by atoms with Crippen LogP contribution < -0.4 is 11.1 Å². The minimum Gasteiger partial charge on any atom is -0.394 e. The second-order valence-electron chi connectivity index (χ2n) is 4.69. The standard InChI is InChI=1S/C11H21N5O/c12-9-1-3-10(4-2-9)13-7-11-8-16(5-6-17)15-14-11/h8-10,13,17H,1-7,12H2. The number of hydrogen-bond donors (Lipinski definition) is 3. The third kappa shape index (κ3) is 3.76. The molecule has 1 aromatic heterocycles. The van der Waals surface area contributed by atoms with Crippen molar-refractivity contribution in [3.05, 3.63) is 11.9 Å². The van der Waals surface area contributed by atoms with Crippen molar-refractivity contribution in [2.45, 2.75) is 50.9 Å². The predicted molar refractivity (Wildman–Crippen MR) is 64.2 cm³/mol. The Morgan fingerprint density at radius 1 is 1.41 bits per heavy atom. The lowest BCUT2D eigenvalue weighted by Crippen LogP contribution is -2.37. The quantitative estimate of drug-likeness (QED) is 0.652. The van der Waals surface area contributed by atoms with Crippen LogP contribution in [-0.4, -0.2) is 38.8 Å². The van der Waals surface area contributed by atoms with Crippen LogP contribution in [-0.2, 0) is 13.1 Å². The average Bonchev–Trinajstić information content (AvgIpc) is 2.77. The molecule has 2 rings (SSSR count). The topological polar surface area (TPSA) is 89.0 Å². The Hall–Kier alpha value is -0.980. The van der Waals surface area contributed by atoms with Gasteiger partial charge in [0.2, 0.25) is 0 Å². The number of aliphatic hydroxyl groups is 1. The van der Waals surface area contributed by atoms with Gasteiger partial charge in [-0.05, 0) is 25.7 Å². The molecule has 4 N–H and O–H groups in total. The van der Waals surface area contributed by atoms with Gasteiger partial charge in [0.15, 0.2) is 0 Å². The number of aliphatic hydroxyl groups excluding tert-OH is 1. The lowest BCUT2D eigenvalue weighted by molar-refractivity contribution is 0.268. The molecular formula is C11H21N5O. The van der Waals surface area contributed by atoms with E-state index in [2.05, 4.69) is 15.6 Å². The molecule has 0 radical (unpaired) electrons. The molecule has 0 atom stereocenters. The van der Waals surface area contributed by atoms with Crippen LogP contribution >= 0.6 is 0 Å². The molecule has 1 fully saturated rings. The van der Waals surface area contributed by atoms with Crippen LogP contribution in [0.1, 0.15) is 31.4 Å². The number of nitrogens with one attached hydrogen (secondary N) is 1. The Morgan fingerprint density at radius 3 is 2.88 bits per heavy atom. The summed E-state index contributed by atoms with van der Waals surface area (Å²) in [6.07, 6.45) is 6.37. The first-order valence-corrected chi connectivity index (χ1v) is 6.27. The summed E-state index contributed by atoms with van der Waals surface area (Å²) in [5.41, 5.74) is 6.79. The van der Waals surface area contributed by atoms with Crippen molar-refractivity contribution in [1.82, 2.24) is 20.3 Å². The van der Waals surface area contributed by atoms with Gasteiger partial charge >= 0.3 is 0 Å². The third-order valence-electron chi connectivity index (χ3n) is 3.26. The molecular weight excluding hydrogens is 218 g/mol. The van der Waals surface area contributed by atoms with Gasteiger partial charge in [-0.2, -0.15) is 0 Å². The van der Waals surface area contributed by atoms with Crippen molar-refractivity contribution < 1.29 is 5.11 Å². The van der Waals surface area contributed by atoms with Crippen LogP contribution in [0.3, 0.4) is 0 Å². The Morgan fingerprint density at radius 2 is 2.18 bits per heavy atom. The largest absolute Gasteiger partial charge is 0.394 e. The van der Waals surface area contributed by atoms with Gasteiger partial charge < -0.3 is 16.2 Å². The zero-order chi connectivity index (χ0) is 12.1. The highest BCUT2D eigenvalue weighted by Crippen LogP contribution is 2.17. The lowest BCUT2D eigenvalue weighted by atomic mass is 9.92. The van der Waals surface area contributed by atoms with E-state index < -0.39 is 0 Å². The van der Waals surface area contributed by atoms with Gasteiger partial charge in [0.05, 0.1) is 18.8 Å². The fourth-order valence-corrected chi connectivity index (χ4v) is 2.20. The van der Waals surface area contributed by atoms with E-state index in [1.165, 1.54) is 0 Å². The molecule has 0 saturated heterocycles. The van der Waals surface area contributed by atoms with Gasteiger partial charge in [0, 0.05) is 24.8 Å². The molecule has 1 aliphatic carbocycles. The molecule has 0 unspecified atom stereocenters. The molecule has 0 amide bonds. The average molecular weight is 239 g/mol. The van der Waals surface area contributed by atoms with E-state index in [0.29, 0.717) is 18.6 Å². The van der Waals surface area contributed by atoms with Gasteiger partial charge in [0.1, 0.15) is 0 Å². The van der Waals surface area contributed by atoms with Crippen LogP contribution in [0.2, 0.25) is 0 Å². The highest BCUT2D eigenvalue weighted by atomic mass is 16.3. The van der Waals surface area contributed by atoms with Gasteiger partial charge in [-0.3, -0.25) is 0 Å². The smallest absolute Gasteiger partial charge is 0.0964 e. The van der Waals surface area contributed by atoms with Crippen molar-refractivity contribution in [2.24, 2.45) is 5.73 Å². The fourth-order valence-electron chi connectivity index (χ4n) is 2.20. The van der Waals surface area contributed by atoms with E-state index in [1.54, 1.807) is 4.68 Å².